The number of carbonyl (C=O) groups excluding carboxylic acids is 3. The average molecular weight is 481 g/mol. The van der Waals surface area contributed by atoms with Crippen molar-refractivity contribution >= 4 is 35.2 Å². The molecule has 1 unspecified atom stereocenters. The number of hydrogen-bond acceptors (Lipinski definition) is 3. The fourth-order valence-electron chi connectivity index (χ4n) is 3.94. The zero-order valence-electron chi connectivity index (χ0n) is 18.4. The number of benzene rings is 2. The molecule has 4 rings (SSSR count). The number of fused-ring (bicyclic) bond motifs is 1. The summed E-state index contributed by atoms with van der Waals surface area (Å²) in [6.45, 7) is 0.731. The van der Waals surface area contributed by atoms with Crippen LogP contribution in [0.25, 0.3) is 0 Å². The van der Waals surface area contributed by atoms with Crippen LogP contribution in [0, 0.1) is 11.7 Å². The SMILES string of the molecule is O=C(CCCN1C(=O)C2C=CC=CC2=[N+](Cc2ccc(Cl)cc2)C1=O)NCc1ccc(F)cc1. The molecule has 0 saturated heterocycles. The number of nitrogens with zero attached hydrogens (tertiary/aromatic N) is 2. The molecule has 0 aromatic heterocycles. The van der Waals surface area contributed by atoms with E-state index in [2.05, 4.69) is 5.32 Å². The normalized spacial score (nSPS) is 17.2. The van der Waals surface area contributed by atoms with Gasteiger partial charge in [-0.05, 0) is 47.9 Å². The fraction of sp³-hybridized carbons (Fsp3) is 0.231. The van der Waals surface area contributed by atoms with E-state index >= 15 is 0 Å². The van der Waals surface area contributed by atoms with E-state index in [1.807, 2.05) is 18.2 Å². The monoisotopic (exact) mass is 480 g/mol. The van der Waals surface area contributed by atoms with Gasteiger partial charge in [0, 0.05) is 18.0 Å². The number of rotatable bonds is 8. The number of amides is 4. The maximum absolute atomic E-state index is 13.3. The van der Waals surface area contributed by atoms with Crippen LogP contribution < -0.4 is 5.32 Å². The highest BCUT2D eigenvalue weighted by Crippen LogP contribution is 2.22. The highest BCUT2D eigenvalue weighted by Gasteiger charge is 2.46. The largest absolute Gasteiger partial charge is 0.501 e. The maximum atomic E-state index is 13.3. The van der Waals surface area contributed by atoms with E-state index in [4.69, 9.17) is 11.6 Å². The molecular formula is C26H24ClFN3O3+. The van der Waals surface area contributed by atoms with Gasteiger partial charge in [0.25, 0.3) is 0 Å². The van der Waals surface area contributed by atoms with Crippen LogP contribution in [0.3, 0.4) is 0 Å². The van der Waals surface area contributed by atoms with Crippen LogP contribution >= 0.6 is 11.6 Å². The number of imide groups is 1. The lowest BCUT2D eigenvalue weighted by Crippen LogP contribution is -2.54. The van der Waals surface area contributed by atoms with Crippen molar-refractivity contribution < 1.29 is 23.3 Å². The Bertz CT molecular complexity index is 1190. The van der Waals surface area contributed by atoms with Crippen LogP contribution in [0.1, 0.15) is 24.0 Å². The minimum atomic E-state index is -0.540. The van der Waals surface area contributed by atoms with E-state index in [9.17, 15) is 18.8 Å². The summed E-state index contributed by atoms with van der Waals surface area (Å²) in [6, 6.07) is 12.7. The summed E-state index contributed by atoms with van der Waals surface area (Å²) in [5.74, 6) is -1.37. The Morgan fingerprint density at radius 2 is 1.74 bits per heavy atom. The first kappa shape index (κ1) is 23.6. The predicted molar refractivity (Wildman–Crippen MR) is 127 cm³/mol. The number of urea groups is 1. The van der Waals surface area contributed by atoms with E-state index < -0.39 is 11.9 Å². The Balaban J connectivity index is 1.39. The van der Waals surface area contributed by atoms with Gasteiger partial charge in [-0.3, -0.25) is 4.79 Å². The number of allylic oxidation sites excluding steroid dienone is 3. The lowest BCUT2D eigenvalue weighted by molar-refractivity contribution is -0.456. The summed E-state index contributed by atoms with van der Waals surface area (Å²) in [4.78, 5) is 39.8. The Morgan fingerprint density at radius 3 is 2.47 bits per heavy atom. The van der Waals surface area contributed by atoms with Crippen molar-refractivity contribution in [1.29, 1.82) is 0 Å². The van der Waals surface area contributed by atoms with Gasteiger partial charge in [-0.25, -0.2) is 9.18 Å². The molecule has 1 atom stereocenters. The molecule has 1 aliphatic heterocycles. The third-order valence-corrected chi connectivity index (χ3v) is 6.00. The van der Waals surface area contributed by atoms with Gasteiger partial charge in [0.1, 0.15) is 24.0 Å². The molecular weight excluding hydrogens is 457 g/mol. The lowest BCUT2D eigenvalue weighted by Gasteiger charge is -2.26. The first-order valence-corrected chi connectivity index (χ1v) is 11.4. The average Bonchev–Trinajstić information content (AvgIpc) is 2.84. The fourth-order valence-corrected chi connectivity index (χ4v) is 4.07. The second-order valence-electron chi connectivity index (χ2n) is 8.14. The molecule has 2 aromatic carbocycles. The molecule has 34 heavy (non-hydrogen) atoms. The smallest absolute Gasteiger partial charge is 0.352 e. The van der Waals surface area contributed by atoms with Gasteiger partial charge in [0.2, 0.25) is 5.91 Å². The minimum absolute atomic E-state index is 0.139. The molecule has 0 radical (unpaired) electrons. The molecule has 2 aromatic rings. The van der Waals surface area contributed by atoms with E-state index in [1.165, 1.54) is 17.0 Å². The molecule has 1 N–H and O–H groups in total. The second kappa shape index (κ2) is 10.6. The Kier molecular flexibility index (Phi) is 7.33. The quantitative estimate of drug-likeness (QED) is 0.575. The molecule has 0 bridgehead atoms. The van der Waals surface area contributed by atoms with Gasteiger partial charge in [-0.15, -0.1) is 0 Å². The van der Waals surface area contributed by atoms with Crippen LogP contribution in [0.15, 0.2) is 72.8 Å². The van der Waals surface area contributed by atoms with Crippen LogP contribution in [0.5, 0.6) is 0 Å². The summed E-state index contributed by atoms with van der Waals surface area (Å²) in [5, 5.41) is 3.38. The Morgan fingerprint density at radius 1 is 1.03 bits per heavy atom. The second-order valence-corrected chi connectivity index (χ2v) is 8.57. The Hall–Kier alpha value is -3.58. The molecule has 6 nitrogen and oxygen atoms in total. The van der Waals surface area contributed by atoms with Crippen molar-refractivity contribution in [3.05, 3.63) is 94.8 Å². The maximum Gasteiger partial charge on any atom is 0.501 e. The van der Waals surface area contributed by atoms with E-state index in [-0.39, 0.29) is 37.1 Å². The van der Waals surface area contributed by atoms with Crippen molar-refractivity contribution in [1.82, 2.24) is 10.2 Å². The first-order valence-electron chi connectivity index (χ1n) is 11.0. The van der Waals surface area contributed by atoms with Crippen molar-refractivity contribution in [2.24, 2.45) is 5.92 Å². The van der Waals surface area contributed by atoms with E-state index in [0.717, 1.165) is 11.1 Å². The molecule has 0 fully saturated rings. The summed E-state index contributed by atoms with van der Waals surface area (Å²) >= 11 is 5.98. The topological polar surface area (TPSA) is 69.5 Å². The van der Waals surface area contributed by atoms with Crippen LogP contribution in [-0.4, -0.2) is 39.6 Å². The van der Waals surface area contributed by atoms with E-state index in [1.54, 1.807) is 47.1 Å². The predicted octanol–water partition coefficient (Wildman–Crippen LogP) is 4.23. The molecule has 0 spiro atoms. The lowest BCUT2D eigenvalue weighted by atomic mass is 9.94. The van der Waals surface area contributed by atoms with Crippen LogP contribution in [0.2, 0.25) is 5.02 Å². The van der Waals surface area contributed by atoms with Gasteiger partial charge in [0.15, 0.2) is 0 Å². The molecule has 4 amide bonds. The summed E-state index contributed by atoms with van der Waals surface area (Å²) < 4.78 is 14.6. The molecule has 8 heteroatoms. The minimum Gasteiger partial charge on any atom is -0.352 e. The number of halogens is 2. The molecule has 174 valence electrons. The molecule has 1 heterocycles. The number of nitrogens with one attached hydrogen (secondary N) is 1. The standard InChI is InChI=1S/C26H23ClFN3O3/c27-20-11-7-19(8-12-20)17-31-23-5-2-1-4-22(23)25(33)30(26(31)34)15-3-6-24(32)29-16-18-9-13-21(28)14-10-18/h1-2,4-5,7-14,22H,3,6,15-17H2/p+1. The zero-order chi connectivity index (χ0) is 24.1. The third kappa shape index (κ3) is 5.48. The van der Waals surface area contributed by atoms with E-state index in [0.29, 0.717) is 23.7 Å². The summed E-state index contributed by atoms with van der Waals surface area (Å²) in [5.41, 5.74) is 2.32. The van der Waals surface area contributed by atoms with Crippen molar-refractivity contribution in [3.63, 3.8) is 0 Å². The highest BCUT2D eigenvalue weighted by molar-refractivity contribution is 6.30. The van der Waals surface area contributed by atoms with Crippen molar-refractivity contribution in [3.8, 4) is 0 Å². The van der Waals surface area contributed by atoms with Crippen LogP contribution in [0.4, 0.5) is 9.18 Å². The zero-order valence-corrected chi connectivity index (χ0v) is 19.2. The highest BCUT2D eigenvalue weighted by atomic mass is 35.5. The summed E-state index contributed by atoms with van der Waals surface area (Å²) in [6.07, 6.45) is 7.67. The first-order chi connectivity index (χ1) is 16.4. The third-order valence-electron chi connectivity index (χ3n) is 5.75. The van der Waals surface area contributed by atoms with Crippen molar-refractivity contribution in [2.75, 3.05) is 6.54 Å². The Labute approximate surface area is 202 Å². The van der Waals surface area contributed by atoms with Gasteiger partial charge in [-0.2, -0.15) is 14.3 Å². The summed E-state index contributed by atoms with van der Waals surface area (Å²) in [7, 11) is 0. The molecule has 1 aliphatic carbocycles. The molecule has 0 saturated carbocycles. The van der Waals surface area contributed by atoms with Gasteiger partial charge < -0.3 is 5.32 Å². The molecule has 2 aliphatic rings. The van der Waals surface area contributed by atoms with Gasteiger partial charge in [0.05, 0.1) is 6.54 Å². The number of carbonyl (C=O) groups is 3. The van der Waals surface area contributed by atoms with Gasteiger partial charge in [-0.1, -0.05) is 54.1 Å². The number of hydrogen-bond donors (Lipinski definition) is 1. The van der Waals surface area contributed by atoms with Crippen molar-refractivity contribution in [2.45, 2.75) is 25.9 Å². The van der Waals surface area contributed by atoms with Crippen LogP contribution in [-0.2, 0) is 22.7 Å². The van der Waals surface area contributed by atoms with Gasteiger partial charge >= 0.3 is 11.9 Å².